The lowest BCUT2D eigenvalue weighted by molar-refractivity contribution is 0.121. The number of aromatic nitrogens is 3. The van der Waals surface area contributed by atoms with E-state index in [9.17, 15) is 8.42 Å². The van der Waals surface area contributed by atoms with Crippen LogP contribution in [0.4, 0.5) is 5.82 Å². The molecular weight excluding hydrogens is 342 g/mol. The molecule has 8 nitrogen and oxygen atoms in total. The molecule has 2 aromatic heterocycles. The average molecular weight is 367 g/mol. The van der Waals surface area contributed by atoms with Crippen molar-refractivity contribution in [1.82, 2.24) is 18.8 Å². The molecule has 0 radical (unpaired) electrons. The highest BCUT2D eigenvalue weighted by atomic mass is 32.2. The zero-order chi connectivity index (χ0) is 18.0. The van der Waals surface area contributed by atoms with E-state index in [1.807, 2.05) is 19.9 Å². The smallest absolute Gasteiger partial charge is 0.214 e. The summed E-state index contributed by atoms with van der Waals surface area (Å²) in [6.07, 6.45) is 1.44. The number of aryl methyl sites for hydroxylation is 2. The summed E-state index contributed by atoms with van der Waals surface area (Å²) in [5.41, 5.74) is 8.49. The molecule has 0 atom stereocenters. The minimum absolute atomic E-state index is 0.276. The Morgan fingerprint density at radius 3 is 2.76 bits per heavy atom. The molecule has 3 rings (SSSR count). The lowest BCUT2D eigenvalue weighted by Gasteiger charge is -2.14. The van der Waals surface area contributed by atoms with Gasteiger partial charge in [0.25, 0.3) is 0 Å². The Labute approximate surface area is 148 Å². The second-order valence-corrected chi connectivity index (χ2v) is 8.45. The summed E-state index contributed by atoms with van der Waals surface area (Å²) in [6, 6.07) is 1.98. The molecule has 1 fully saturated rings. The van der Waals surface area contributed by atoms with E-state index in [1.54, 1.807) is 4.31 Å². The highest BCUT2D eigenvalue weighted by molar-refractivity contribution is 7.89. The van der Waals surface area contributed by atoms with Crippen molar-refractivity contribution in [2.24, 2.45) is 0 Å². The molecule has 25 heavy (non-hydrogen) atoms. The van der Waals surface area contributed by atoms with Crippen molar-refractivity contribution in [1.29, 1.82) is 0 Å². The van der Waals surface area contributed by atoms with Crippen molar-refractivity contribution in [3.05, 3.63) is 17.6 Å². The van der Waals surface area contributed by atoms with Crippen LogP contribution < -0.4 is 5.73 Å². The molecule has 0 unspecified atom stereocenters. The van der Waals surface area contributed by atoms with Gasteiger partial charge < -0.3 is 15.0 Å². The molecule has 0 spiro atoms. The van der Waals surface area contributed by atoms with E-state index in [1.165, 1.54) is 0 Å². The van der Waals surface area contributed by atoms with Crippen LogP contribution in [0.1, 0.15) is 24.4 Å². The number of rotatable bonds is 7. The summed E-state index contributed by atoms with van der Waals surface area (Å²) in [7, 11) is -3.01. The number of pyridine rings is 1. The van der Waals surface area contributed by atoms with E-state index in [0.717, 1.165) is 29.0 Å². The first-order valence-corrected chi connectivity index (χ1v) is 10.1. The molecule has 2 aromatic rings. The van der Waals surface area contributed by atoms with Gasteiger partial charge in [-0.25, -0.2) is 22.7 Å². The third-order valence-corrected chi connectivity index (χ3v) is 6.40. The molecule has 1 saturated heterocycles. The van der Waals surface area contributed by atoms with Crippen LogP contribution in [0, 0.1) is 13.8 Å². The summed E-state index contributed by atoms with van der Waals surface area (Å²) < 4.78 is 32.7. The van der Waals surface area contributed by atoms with Crippen molar-refractivity contribution in [3.8, 4) is 0 Å². The van der Waals surface area contributed by atoms with Crippen molar-refractivity contribution < 1.29 is 13.2 Å². The lowest BCUT2D eigenvalue weighted by Crippen LogP contribution is -2.27. The van der Waals surface area contributed by atoms with Gasteiger partial charge in [0.05, 0.1) is 17.9 Å². The molecular formula is C16H25N5O3S. The summed E-state index contributed by atoms with van der Waals surface area (Å²) in [5.74, 6) is 1.60. The molecule has 138 valence electrons. The zero-order valence-corrected chi connectivity index (χ0v) is 15.5. The molecule has 1 aliphatic rings. The third kappa shape index (κ3) is 3.94. The minimum Gasteiger partial charge on any atom is -0.382 e. The van der Waals surface area contributed by atoms with Crippen LogP contribution in [0.3, 0.4) is 0 Å². The Morgan fingerprint density at radius 2 is 2.04 bits per heavy atom. The fraction of sp³-hybridized carbons (Fsp3) is 0.625. The van der Waals surface area contributed by atoms with Crippen LogP contribution in [-0.4, -0.2) is 59.3 Å². The number of hydrogen-bond donors (Lipinski definition) is 1. The SMILES string of the molecule is Cc1cc2c(nc(C)n2CCOCCCN2CCCS2(=O)=O)c(N)n1. The number of sulfonamides is 1. The Balaban J connectivity index is 1.50. The monoisotopic (exact) mass is 367 g/mol. The first kappa shape index (κ1) is 18.1. The number of fused-ring (bicyclic) bond motifs is 1. The summed E-state index contributed by atoms with van der Waals surface area (Å²) in [5, 5.41) is 0. The van der Waals surface area contributed by atoms with Gasteiger partial charge in [0.2, 0.25) is 10.0 Å². The van der Waals surface area contributed by atoms with Crippen LogP contribution in [0.2, 0.25) is 0 Å². The van der Waals surface area contributed by atoms with Crippen LogP contribution in [0.15, 0.2) is 6.07 Å². The van der Waals surface area contributed by atoms with Crippen molar-refractivity contribution in [2.45, 2.75) is 33.2 Å². The Kier molecular flexibility index (Phi) is 5.26. The molecule has 0 aromatic carbocycles. The summed E-state index contributed by atoms with van der Waals surface area (Å²) in [4.78, 5) is 8.73. The number of nitrogens with two attached hydrogens (primary N) is 1. The lowest BCUT2D eigenvalue weighted by atomic mass is 10.3. The molecule has 0 aliphatic carbocycles. The van der Waals surface area contributed by atoms with E-state index in [2.05, 4.69) is 14.5 Å². The first-order chi connectivity index (χ1) is 11.9. The van der Waals surface area contributed by atoms with Gasteiger partial charge in [-0.2, -0.15) is 0 Å². The summed E-state index contributed by atoms with van der Waals surface area (Å²) in [6.45, 7) is 6.78. The molecule has 3 heterocycles. The van der Waals surface area contributed by atoms with E-state index in [0.29, 0.717) is 45.1 Å². The second kappa shape index (κ2) is 7.27. The van der Waals surface area contributed by atoms with Crippen molar-refractivity contribution in [3.63, 3.8) is 0 Å². The maximum Gasteiger partial charge on any atom is 0.214 e. The standard InChI is InChI=1S/C16H25N5O3S/c1-12-11-14-15(16(17)18-12)19-13(2)21(14)7-9-24-8-3-5-20-6-4-10-25(20,22)23/h11H,3-10H2,1-2H3,(H2,17,18). The topological polar surface area (TPSA) is 103 Å². The fourth-order valence-electron chi connectivity index (χ4n) is 3.21. The maximum absolute atomic E-state index is 11.7. The molecule has 0 saturated carbocycles. The van der Waals surface area contributed by atoms with Gasteiger partial charge in [0, 0.05) is 31.9 Å². The third-order valence-electron chi connectivity index (χ3n) is 4.44. The maximum atomic E-state index is 11.7. The minimum atomic E-state index is -3.01. The van der Waals surface area contributed by atoms with Gasteiger partial charge in [-0.3, -0.25) is 0 Å². The van der Waals surface area contributed by atoms with Gasteiger partial charge in [0.15, 0.2) is 5.82 Å². The fourth-order valence-corrected chi connectivity index (χ4v) is 4.78. The first-order valence-electron chi connectivity index (χ1n) is 8.54. The zero-order valence-electron chi connectivity index (χ0n) is 14.7. The Hall–Kier alpha value is -1.71. The predicted molar refractivity (Wildman–Crippen MR) is 96.8 cm³/mol. The van der Waals surface area contributed by atoms with Gasteiger partial charge >= 0.3 is 0 Å². The van der Waals surface area contributed by atoms with Crippen LogP contribution in [-0.2, 0) is 21.3 Å². The molecule has 0 bridgehead atoms. The van der Waals surface area contributed by atoms with E-state index >= 15 is 0 Å². The van der Waals surface area contributed by atoms with Gasteiger partial charge in [-0.05, 0) is 32.8 Å². The Bertz CT molecular complexity index is 862. The van der Waals surface area contributed by atoms with Crippen molar-refractivity contribution >= 4 is 26.9 Å². The van der Waals surface area contributed by atoms with Crippen molar-refractivity contribution in [2.75, 3.05) is 37.8 Å². The van der Waals surface area contributed by atoms with Crippen LogP contribution in [0.5, 0.6) is 0 Å². The van der Waals surface area contributed by atoms with E-state index in [-0.39, 0.29) is 5.75 Å². The summed E-state index contributed by atoms with van der Waals surface area (Å²) >= 11 is 0. The molecule has 0 amide bonds. The van der Waals surface area contributed by atoms with Gasteiger partial charge in [-0.15, -0.1) is 0 Å². The van der Waals surface area contributed by atoms with E-state index < -0.39 is 10.0 Å². The average Bonchev–Trinajstić information content (AvgIpc) is 3.03. The van der Waals surface area contributed by atoms with E-state index in [4.69, 9.17) is 10.5 Å². The predicted octanol–water partition coefficient (Wildman–Crippen LogP) is 1.07. The number of hydrogen-bond acceptors (Lipinski definition) is 6. The highest BCUT2D eigenvalue weighted by Crippen LogP contribution is 2.21. The number of nitrogen functional groups attached to an aromatic ring is 1. The van der Waals surface area contributed by atoms with Gasteiger partial charge in [-0.1, -0.05) is 0 Å². The Morgan fingerprint density at radius 1 is 1.24 bits per heavy atom. The number of nitrogens with zero attached hydrogens (tertiary/aromatic N) is 4. The number of imidazole rings is 1. The molecule has 9 heteroatoms. The molecule has 1 aliphatic heterocycles. The second-order valence-electron chi connectivity index (χ2n) is 6.36. The normalized spacial score (nSPS) is 17.5. The van der Waals surface area contributed by atoms with Gasteiger partial charge in [0.1, 0.15) is 11.3 Å². The van der Waals surface area contributed by atoms with Crippen LogP contribution in [0.25, 0.3) is 11.0 Å². The highest BCUT2D eigenvalue weighted by Gasteiger charge is 2.27. The number of anilines is 1. The molecule has 2 N–H and O–H groups in total. The number of ether oxygens (including phenoxy) is 1. The quantitative estimate of drug-likeness (QED) is 0.734. The largest absolute Gasteiger partial charge is 0.382 e. The van der Waals surface area contributed by atoms with Crippen LogP contribution >= 0.6 is 0 Å².